The zero-order chi connectivity index (χ0) is 17.9. The maximum absolute atomic E-state index is 9.33. The molecule has 0 unspecified atom stereocenters. The highest BCUT2D eigenvalue weighted by molar-refractivity contribution is 5.12. The van der Waals surface area contributed by atoms with Crippen LogP contribution in [-0.4, -0.2) is 43.0 Å². The van der Waals surface area contributed by atoms with Gasteiger partial charge in [0.2, 0.25) is 0 Å². The van der Waals surface area contributed by atoms with Gasteiger partial charge in [-0.2, -0.15) is 0 Å². The number of hydrogen-bond donors (Lipinski definition) is 1. The Bertz CT molecular complexity index is 719. The maximum atomic E-state index is 9.33. The fourth-order valence-corrected chi connectivity index (χ4v) is 4.49. The molecule has 142 valence electrons. The monoisotopic (exact) mass is 359 g/mol. The molecule has 0 radical (unpaired) electrons. The smallest absolute Gasteiger partial charge is 0.158 e. The van der Waals surface area contributed by atoms with E-state index in [1.54, 1.807) is 0 Å². The molecule has 1 saturated carbocycles. The van der Waals surface area contributed by atoms with Crippen LogP contribution in [0.2, 0.25) is 0 Å². The van der Waals surface area contributed by atoms with E-state index in [0.717, 1.165) is 49.8 Å². The summed E-state index contributed by atoms with van der Waals surface area (Å²) in [5, 5.41) is 22.1. The number of aromatic nitrogens is 4. The summed E-state index contributed by atoms with van der Waals surface area (Å²) in [7, 11) is 1.94. The van der Waals surface area contributed by atoms with E-state index in [2.05, 4.69) is 26.3 Å². The van der Waals surface area contributed by atoms with Gasteiger partial charge < -0.3 is 14.2 Å². The van der Waals surface area contributed by atoms with Gasteiger partial charge in [0.1, 0.15) is 12.4 Å². The Hall–Kier alpha value is -1.73. The van der Waals surface area contributed by atoms with Crippen molar-refractivity contribution in [3.8, 4) is 0 Å². The van der Waals surface area contributed by atoms with Gasteiger partial charge >= 0.3 is 0 Å². The molecule has 7 nitrogen and oxygen atoms in total. The first-order valence-electron chi connectivity index (χ1n) is 9.91. The van der Waals surface area contributed by atoms with E-state index < -0.39 is 0 Å². The van der Waals surface area contributed by atoms with Crippen LogP contribution in [0, 0.1) is 0 Å². The average molecular weight is 359 g/mol. The van der Waals surface area contributed by atoms with Gasteiger partial charge in [0, 0.05) is 31.5 Å². The van der Waals surface area contributed by atoms with Crippen molar-refractivity contribution in [3.63, 3.8) is 0 Å². The summed E-state index contributed by atoms with van der Waals surface area (Å²) in [6.45, 7) is 2.75. The van der Waals surface area contributed by atoms with E-state index in [1.807, 2.05) is 11.6 Å². The zero-order valence-electron chi connectivity index (χ0n) is 15.6. The van der Waals surface area contributed by atoms with E-state index in [-0.39, 0.29) is 6.61 Å². The molecule has 2 aromatic heterocycles. The molecular weight excluding hydrogens is 330 g/mol. The van der Waals surface area contributed by atoms with Gasteiger partial charge in [0.15, 0.2) is 11.6 Å². The van der Waals surface area contributed by atoms with Crippen molar-refractivity contribution in [1.29, 1.82) is 0 Å². The van der Waals surface area contributed by atoms with E-state index in [0.29, 0.717) is 17.7 Å². The van der Waals surface area contributed by atoms with Crippen LogP contribution in [0.5, 0.6) is 0 Å². The summed E-state index contributed by atoms with van der Waals surface area (Å²) in [6, 6.07) is 2.17. The molecule has 7 heteroatoms. The highest BCUT2D eigenvalue weighted by Gasteiger charge is 2.27. The van der Waals surface area contributed by atoms with Crippen molar-refractivity contribution < 1.29 is 9.63 Å². The Morgan fingerprint density at radius 3 is 2.69 bits per heavy atom. The first kappa shape index (κ1) is 17.7. The van der Waals surface area contributed by atoms with Gasteiger partial charge in [0.25, 0.3) is 0 Å². The number of rotatable bonds is 5. The fraction of sp³-hybridized carbons (Fsp3) is 0.737. The predicted octanol–water partition coefficient (Wildman–Crippen LogP) is 2.72. The van der Waals surface area contributed by atoms with Crippen LogP contribution in [0.1, 0.15) is 79.9 Å². The summed E-state index contributed by atoms with van der Waals surface area (Å²) < 4.78 is 7.58. The molecule has 1 aliphatic heterocycles. The second-order valence-corrected chi connectivity index (χ2v) is 7.82. The summed E-state index contributed by atoms with van der Waals surface area (Å²) in [6.07, 6.45) is 8.72. The summed E-state index contributed by atoms with van der Waals surface area (Å²) in [5.41, 5.74) is 1.15. The number of aliphatic hydroxyl groups excluding tert-OH is 1. The highest BCUT2D eigenvalue weighted by Crippen LogP contribution is 2.33. The topological polar surface area (TPSA) is 80.2 Å². The first-order valence-corrected chi connectivity index (χ1v) is 9.91. The molecule has 1 N–H and O–H groups in total. The van der Waals surface area contributed by atoms with Crippen molar-refractivity contribution in [2.24, 2.45) is 7.05 Å². The summed E-state index contributed by atoms with van der Waals surface area (Å²) in [5.74, 6) is 3.51. The van der Waals surface area contributed by atoms with E-state index in [9.17, 15) is 5.11 Å². The highest BCUT2D eigenvalue weighted by atomic mass is 16.5. The van der Waals surface area contributed by atoms with Gasteiger partial charge in [-0.15, -0.1) is 10.2 Å². The van der Waals surface area contributed by atoms with Crippen LogP contribution in [0.4, 0.5) is 0 Å². The second-order valence-electron chi connectivity index (χ2n) is 7.82. The molecule has 4 rings (SSSR count). The minimum Gasteiger partial charge on any atom is -0.388 e. The summed E-state index contributed by atoms with van der Waals surface area (Å²) in [4.78, 5) is 2.42. The minimum absolute atomic E-state index is 0.0675. The average Bonchev–Trinajstić information content (AvgIpc) is 3.29. The number of aliphatic hydroxyl groups is 1. The Balaban J connectivity index is 1.39. The molecule has 1 aliphatic carbocycles. The third-order valence-corrected chi connectivity index (χ3v) is 5.99. The van der Waals surface area contributed by atoms with Gasteiger partial charge in [-0.1, -0.05) is 24.4 Å². The Kier molecular flexibility index (Phi) is 5.36. The van der Waals surface area contributed by atoms with Gasteiger partial charge in [0.05, 0.1) is 12.2 Å². The zero-order valence-corrected chi connectivity index (χ0v) is 15.6. The van der Waals surface area contributed by atoms with Crippen molar-refractivity contribution in [2.75, 3.05) is 13.1 Å². The van der Waals surface area contributed by atoms with Crippen LogP contribution in [0.15, 0.2) is 10.6 Å². The first-order chi connectivity index (χ1) is 12.7. The minimum atomic E-state index is -0.0675. The number of piperidine rings is 1. The van der Waals surface area contributed by atoms with Crippen molar-refractivity contribution in [3.05, 3.63) is 29.2 Å². The lowest BCUT2D eigenvalue weighted by molar-refractivity contribution is 0.175. The van der Waals surface area contributed by atoms with Crippen molar-refractivity contribution in [2.45, 2.75) is 69.9 Å². The molecule has 2 fully saturated rings. The normalized spacial score (nSPS) is 22.8. The van der Waals surface area contributed by atoms with E-state index in [1.165, 1.54) is 32.1 Å². The van der Waals surface area contributed by atoms with Crippen LogP contribution in [0.25, 0.3) is 0 Å². The van der Waals surface area contributed by atoms with Gasteiger partial charge in [-0.05, 0) is 32.2 Å². The molecule has 26 heavy (non-hydrogen) atoms. The van der Waals surface area contributed by atoms with E-state index in [4.69, 9.17) is 4.52 Å². The third kappa shape index (κ3) is 3.69. The van der Waals surface area contributed by atoms with Crippen LogP contribution >= 0.6 is 0 Å². The van der Waals surface area contributed by atoms with Gasteiger partial charge in [-0.25, -0.2) is 0 Å². The molecule has 1 atom stereocenters. The molecule has 0 spiro atoms. The quantitative estimate of drug-likeness (QED) is 0.884. The standard InChI is InChI=1S/C19H29N5O2/c1-23-18(13-25)20-21-19(23)15-8-5-9-24(11-15)12-16-10-17(22-26-16)14-6-3-2-4-7-14/h10,14-15,25H,2-9,11-13H2,1H3/t15-/m0/s1. The van der Waals surface area contributed by atoms with Crippen molar-refractivity contribution >= 4 is 0 Å². The fourth-order valence-electron chi connectivity index (χ4n) is 4.49. The molecule has 2 aromatic rings. The molecular formula is C19H29N5O2. The third-order valence-electron chi connectivity index (χ3n) is 5.99. The van der Waals surface area contributed by atoms with Crippen molar-refractivity contribution in [1.82, 2.24) is 24.8 Å². The van der Waals surface area contributed by atoms with Crippen LogP contribution in [0.3, 0.4) is 0 Å². The second kappa shape index (κ2) is 7.88. The molecule has 1 saturated heterocycles. The molecule has 0 bridgehead atoms. The van der Waals surface area contributed by atoms with Crippen LogP contribution in [-0.2, 0) is 20.2 Å². The SMILES string of the molecule is Cn1c(CO)nnc1[C@H]1CCCN(Cc2cc(C3CCCCC3)no2)C1. The Morgan fingerprint density at radius 1 is 1.12 bits per heavy atom. The molecule has 2 aliphatic rings. The molecule has 0 aromatic carbocycles. The number of likely N-dealkylation sites (tertiary alicyclic amines) is 1. The lowest BCUT2D eigenvalue weighted by Gasteiger charge is -2.31. The Morgan fingerprint density at radius 2 is 1.92 bits per heavy atom. The Labute approximate surface area is 154 Å². The largest absolute Gasteiger partial charge is 0.388 e. The van der Waals surface area contributed by atoms with E-state index >= 15 is 0 Å². The van der Waals surface area contributed by atoms with Crippen LogP contribution < -0.4 is 0 Å². The molecule has 0 amide bonds. The lowest BCUT2D eigenvalue weighted by Crippen LogP contribution is -2.34. The molecule has 3 heterocycles. The maximum Gasteiger partial charge on any atom is 0.158 e. The summed E-state index contributed by atoms with van der Waals surface area (Å²) >= 11 is 0. The van der Waals surface area contributed by atoms with Gasteiger partial charge in [-0.3, -0.25) is 4.90 Å². The number of nitrogens with zero attached hydrogens (tertiary/aromatic N) is 5. The number of hydrogen-bond acceptors (Lipinski definition) is 6. The lowest BCUT2D eigenvalue weighted by atomic mass is 9.87. The predicted molar refractivity (Wildman–Crippen MR) is 96.5 cm³/mol.